The van der Waals surface area contributed by atoms with Crippen LogP contribution in [0.25, 0.3) is 6.08 Å². The Labute approximate surface area is 72.3 Å². The molecule has 12 heavy (non-hydrogen) atoms. The minimum atomic E-state index is 0.596. The number of aryl methyl sites for hydroxylation is 1. The quantitative estimate of drug-likeness (QED) is 0.582. The van der Waals surface area contributed by atoms with Crippen LogP contribution in [0.3, 0.4) is 0 Å². The van der Waals surface area contributed by atoms with Crippen LogP contribution in [0, 0.1) is 6.92 Å². The molecule has 1 aliphatic rings. The van der Waals surface area contributed by atoms with Crippen LogP contribution in [0.15, 0.2) is 12.1 Å². The molecule has 1 aromatic rings. The first kappa shape index (κ1) is 7.47. The van der Waals surface area contributed by atoms with Crippen molar-refractivity contribution in [2.24, 2.45) is 0 Å². The zero-order valence-corrected chi connectivity index (χ0v) is 7.41. The van der Waals surface area contributed by atoms with E-state index in [1.165, 1.54) is 5.56 Å². The highest BCUT2D eigenvalue weighted by Gasteiger charge is 2.13. The first-order valence-electron chi connectivity index (χ1n) is 4.28. The largest absolute Gasteiger partial charge is 0.155 e. The van der Waals surface area contributed by atoms with Gasteiger partial charge in [0.2, 0.25) is 0 Å². The van der Waals surface area contributed by atoms with E-state index >= 15 is 0 Å². The van der Waals surface area contributed by atoms with Crippen LogP contribution in [-0.4, -0.2) is 10.2 Å². The van der Waals surface area contributed by atoms with E-state index < -0.39 is 0 Å². The number of rotatable bonds is 0. The molecular weight excluding hydrogens is 148 g/mol. The van der Waals surface area contributed by atoms with Crippen molar-refractivity contribution in [2.45, 2.75) is 26.2 Å². The third kappa shape index (κ3) is 1.13. The molecule has 0 fully saturated rings. The summed E-state index contributed by atoms with van der Waals surface area (Å²) in [6, 6.07) is 2.14. The lowest BCUT2D eigenvalue weighted by Crippen LogP contribution is -2.04. The van der Waals surface area contributed by atoms with Crippen molar-refractivity contribution >= 4 is 6.08 Å². The van der Waals surface area contributed by atoms with E-state index in [0.717, 1.165) is 17.8 Å². The summed E-state index contributed by atoms with van der Waals surface area (Å²) in [5.74, 6) is 0.596. The van der Waals surface area contributed by atoms with Crippen molar-refractivity contribution < 1.29 is 0 Å². The lowest BCUT2D eigenvalue weighted by atomic mass is 9.92. The van der Waals surface area contributed by atoms with E-state index in [9.17, 15) is 0 Å². The second-order valence-corrected chi connectivity index (χ2v) is 3.37. The molecule has 0 bridgehead atoms. The molecule has 0 radical (unpaired) electrons. The van der Waals surface area contributed by atoms with Gasteiger partial charge in [0.25, 0.3) is 0 Å². The molecule has 0 aliphatic heterocycles. The molecule has 62 valence electrons. The summed E-state index contributed by atoms with van der Waals surface area (Å²) in [6.07, 6.45) is 5.34. The van der Waals surface area contributed by atoms with Crippen LogP contribution in [-0.2, 0) is 0 Å². The smallest absolute Gasteiger partial charge is 0.0889 e. The molecule has 0 aromatic carbocycles. The van der Waals surface area contributed by atoms with Crippen molar-refractivity contribution in [3.05, 3.63) is 29.1 Å². The number of aromatic nitrogens is 2. The van der Waals surface area contributed by atoms with Gasteiger partial charge < -0.3 is 0 Å². The van der Waals surface area contributed by atoms with Crippen molar-refractivity contribution in [2.75, 3.05) is 0 Å². The second kappa shape index (κ2) is 2.70. The number of nitrogens with zero attached hydrogens (tertiary/aromatic N) is 2. The van der Waals surface area contributed by atoms with Crippen LogP contribution in [0.5, 0.6) is 0 Å². The summed E-state index contributed by atoms with van der Waals surface area (Å²) in [5.41, 5.74) is 3.39. The van der Waals surface area contributed by atoms with Crippen LogP contribution < -0.4 is 0 Å². The molecule has 0 N–H and O–H groups in total. The molecule has 1 aliphatic carbocycles. The molecule has 1 heterocycles. The predicted octanol–water partition coefficient (Wildman–Crippen LogP) is 2.31. The highest BCUT2D eigenvalue weighted by atomic mass is 15.1. The Kier molecular flexibility index (Phi) is 1.68. The maximum absolute atomic E-state index is 4.13. The molecule has 2 rings (SSSR count). The van der Waals surface area contributed by atoms with Crippen molar-refractivity contribution in [1.29, 1.82) is 0 Å². The molecule has 0 amide bonds. The molecule has 0 saturated carbocycles. The zero-order chi connectivity index (χ0) is 8.55. The van der Waals surface area contributed by atoms with Gasteiger partial charge in [0, 0.05) is 0 Å². The first-order chi connectivity index (χ1) is 5.77. The summed E-state index contributed by atoms with van der Waals surface area (Å²) in [7, 11) is 0. The average Bonchev–Trinajstić information content (AvgIpc) is 2.07. The van der Waals surface area contributed by atoms with Gasteiger partial charge in [0.05, 0.1) is 11.4 Å². The molecule has 1 atom stereocenters. The molecular formula is C10H12N2. The fourth-order valence-corrected chi connectivity index (χ4v) is 1.55. The average molecular weight is 160 g/mol. The third-order valence-electron chi connectivity index (χ3n) is 2.27. The normalized spacial score (nSPS) is 20.7. The second-order valence-electron chi connectivity index (χ2n) is 3.37. The Morgan fingerprint density at radius 3 is 3.08 bits per heavy atom. The van der Waals surface area contributed by atoms with Gasteiger partial charge in [-0.2, -0.15) is 10.2 Å². The highest BCUT2D eigenvalue weighted by molar-refractivity contribution is 5.53. The predicted molar refractivity (Wildman–Crippen MR) is 48.8 cm³/mol. The molecule has 2 heteroatoms. The number of fused-ring (bicyclic) bond motifs is 1. The Hall–Kier alpha value is -1.18. The number of hydrogen-bond donors (Lipinski definition) is 0. The highest BCUT2D eigenvalue weighted by Crippen LogP contribution is 2.27. The molecule has 1 aromatic heterocycles. The Balaban J connectivity index is 2.56. The summed E-state index contributed by atoms with van der Waals surface area (Å²) in [6.45, 7) is 4.21. The Bertz CT molecular complexity index is 329. The van der Waals surface area contributed by atoms with Gasteiger partial charge in [-0.25, -0.2) is 0 Å². The third-order valence-corrected chi connectivity index (χ3v) is 2.27. The van der Waals surface area contributed by atoms with E-state index in [4.69, 9.17) is 0 Å². The van der Waals surface area contributed by atoms with Crippen LogP contribution in [0.2, 0.25) is 0 Å². The fourth-order valence-electron chi connectivity index (χ4n) is 1.55. The number of allylic oxidation sites excluding steroid dienone is 1. The lowest BCUT2D eigenvalue weighted by molar-refractivity contribution is 0.749. The summed E-state index contributed by atoms with van der Waals surface area (Å²) >= 11 is 0. The van der Waals surface area contributed by atoms with Gasteiger partial charge in [0.15, 0.2) is 0 Å². The molecule has 0 saturated heterocycles. The minimum Gasteiger partial charge on any atom is -0.155 e. The summed E-state index contributed by atoms with van der Waals surface area (Å²) in [4.78, 5) is 0. The van der Waals surface area contributed by atoms with Gasteiger partial charge in [0.1, 0.15) is 0 Å². The SMILES string of the molecule is Cc1cc2c(nn1)C=CCC2C. The van der Waals surface area contributed by atoms with Crippen LogP contribution in [0.1, 0.15) is 36.2 Å². The zero-order valence-electron chi connectivity index (χ0n) is 7.41. The van der Waals surface area contributed by atoms with Crippen molar-refractivity contribution in [3.8, 4) is 0 Å². The number of hydrogen-bond acceptors (Lipinski definition) is 2. The Morgan fingerprint density at radius 1 is 1.42 bits per heavy atom. The van der Waals surface area contributed by atoms with E-state index in [0.29, 0.717) is 5.92 Å². The van der Waals surface area contributed by atoms with Gasteiger partial charge in [-0.1, -0.05) is 13.0 Å². The maximum Gasteiger partial charge on any atom is 0.0889 e. The fraction of sp³-hybridized carbons (Fsp3) is 0.400. The summed E-state index contributed by atoms with van der Waals surface area (Å²) < 4.78 is 0. The lowest BCUT2D eigenvalue weighted by Gasteiger charge is -2.15. The molecule has 2 nitrogen and oxygen atoms in total. The van der Waals surface area contributed by atoms with Gasteiger partial charge in [-0.05, 0) is 37.0 Å². The monoisotopic (exact) mass is 160 g/mol. The van der Waals surface area contributed by atoms with E-state index in [1.54, 1.807) is 0 Å². The van der Waals surface area contributed by atoms with Gasteiger partial charge in [-0.3, -0.25) is 0 Å². The van der Waals surface area contributed by atoms with Crippen molar-refractivity contribution in [3.63, 3.8) is 0 Å². The summed E-state index contributed by atoms with van der Waals surface area (Å²) in [5, 5.41) is 8.16. The Morgan fingerprint density at radius 2 is 2.25 bits per heavy atom. The van der Waals surface area contributed by atoms with Gasteiger partial charge >= 0.3 is 0 Å². The van der Waals surface area contributed by atoms with E-state index in [1.807, 2.05) is 6.92 Å². The van der Waals surface area contributed by atoms with Crippen LogP contribution in [0.4, 0.5) is 0 Å². The maximum atomic E-state index is 4.13. The minimum absolute atomic E-state index is 0.596. The topological polar surface area (TPSA) is 25.8 Å². The van der Waals surface area contributed by atoms with E-state index in [2.05, 4.69) is 35.3 Å². The van der Waals surface area contributed by atoms with Crippen LogP contribution >= 0.6 is 0 Å². The molecule has 1 unspecified atom stereocenters. The standard InChI is InChI=1S/C10H12N2/c1-7-4-3-5-10-9(7)6-8(2)11-12-10/h3,5-7H,4H2,1-2H3. The van der Waals surface area contributed by atoms with E-state index in [-0.39, 0.29) is 0 Å². The first-order valence-corrected chi connectivity index (χ1v) is 4.28. The van der Waals surface area contributed by atoms with Gasteiger partial charge in [-0.15, -0.1) is 0 Å². The molecule has 0 spiro atoms. The van der Waals surface area contributed by atoms with Crippen molar-refractivity contribution in [1.82, 2.24) is 10.2 Å².